The van der Waals surface area contributed by atoms with Crippen LogP contribution >= 0.6 is 0 Å². The van der Waals surface area contributed by atoms with Gasteiger partial charge in [0.15, 0.2) is 0 Å². The molecule has 0 fully saturated rings. The maximum absolute atomic E-state index is 5.68. The van der Waals surface area contributed by atoms with Crippen LogP contribution in [0.15, 0.2) is 88.5 Å². The molecule has 1 heterocycles. The Morgan fingerprint density at radius 2 is 1.52 bits per heavy atom. The molecule has 2 heteroatoms. The van der Waals surface area contributed by atoms with Crippen LogP contribution in [0.2, 0.25) is 0 Å². The van der Waals surface area contributed by atoms with Gasteiger partial charge < -0.3 is 4.42 Å². The van der Waals surface area contributed by atoms with Crippen LogP contribution < -0.4 is 0 Å². The van der Waals surface area contributed by atoms with Crippen molar-refractivity contribution in [1.29, 1.82) is 0 Å². The van der Waals surface area contributed by atoms with Crippen molar-refractivity contribution < 1.29 is 4.42 Å². The van der Waals surface area contributed by atoms with Gasteiger partial charge in [0.05, 0.1) is 18.0 Å². The van der Waals surface area contributed by atoms with Gasteiger partial charge in [-0.2, -0.15) is 0 Å². The molecule has 0 spiro atoms. The summed E-state index contributed by atoms with van der Waals surface area (Å²) in [5.41, 5.74) is 3.41. The van der Waals surface area contributed by atoms with E-state index in [0.717, 1.165) is 17.9 Å². The number of furan rings is 1. The zero-order valence-corrected chi connectivity index (χ0v) is 15.1. The molecule has 1 aromatic heterocycles. The lowest BCUT2D eigenvalue weighted by molar-refractivity contribution is 0.518. The molecule has 3 rings (SSSR count). The summed E-state index contributed by atoms with van der Waals surface area (Å²) < 4.78 is 5.68. The number of hydrogen-bond acceptors (Lipinski definition) is 2. The molecule has 2 nitrogen and oxygen atoms in total. The molecule has 1 atom stereocenters. The van der Waals surface area contributed by atoms with Crippen LogP contribution in [0.5, 0.6) is 0 Å². The Morgan fingerprint density at radius 3 is 2.08 bits per heavy atom. The third-order valence-corrected chi connectivity index (χ3v) is 4.21. The van der Waals surface area contributed by atoms with Gasteiger partial charge in [0, 0.05) is 5.41 Å². The Kier molecular flexibility index (Phi) is 5.18. The van der Waals surface area contributed by atoms with E-state index in [1.54, 1.807) is 6.26 Å². The van der Waals surface area contributed by atoms with Crippen molar-refractivity contribution in [3.05, 3.63) is 95.9 Å². The van der Waals surface area contributed by atoms with Crippen LogP contribution in [0.25, 0.3) is 0 Å². The predicted octanol–water partition coefficient (Wildman–Crippen LogP) is 6.10. The van der Waals surface area contributed by atoms with Crippen molar-refractivity contribution >= 4 is 5.71 Å². The number of hydrogen-bond donors (Lipinski definition) is 0. The van der Waals surface area contributed by atoms with E-state index in [1.807, 2.05) is 24.3 Å². The van der Waals surface area contributed by atoms with Gasteiger partial charge in [0.25, 0.3) is 0 Å². The van der Waals surface area contributed by atoms with Crippen molar-refractivity contribution in [2.75, 3.05) is 0 Å². The summed E-state index contributed by atoms with van der Waals surface area (Å²) in [5.74, 6) is 0.849. The van der Waals surface area contributed by atoms with E-state index in [-0.39, 0.29) is 11.5 Å². The van der Waals surface area contributed by atoms with Crippen molar-refractivity contribution in [3.8, 4) is 0 Å². The Bertz CT molecular complexity index is 796. The Labute approximate surface area is 150 Å². The highest BCUT2D eigenvalue weighted by Gasteiger charge is 2.25. The van der Waals surface area contributed by atoms with Crippen molar-refractivity contribution in [2.24, 2.45) is 10.4 Å². The molecule has 3 aromatic rings. The third kappa shape index (κ3) is 4.48. The van der Waals surface area contributed by atoms with E-state index in [9.17, 15) is 0 Å². The van der Waals surface area contributed by atoms with E-state index in [1.165, 1.54) is 11.1 Å². The minimum atomic E-state index is -0.0957. The first-order chi connectivity index (χ1) is 12.0. The summed E-state index contributed by atoms with van der Waals surface area (Å²) >= 11 is 0. The van der Waals surface area contributed by atoms with E-state index < -0.39 is 0 Å². The third-order valence-electron chi connectivity index (χ3n) is 4.21. The van der Waals surface area contributed by atoms with E-state index in [2.05, 4.69) is 69.3 Å². The van der Waals surface area contributed by atoms with Gasteiger partial charge in [-0.05, 0) is 29.7 Å². The van der Waals surface area contributed by atoms with Gasteiger partial charge in [-0.1, -0.05) is 81.4 Å². The summed E-state index contributed by atoms with van der Waals surface area (Å²) in [6.45, 7) is 6.54. The first-order valence-electron chi connectivity index (χ1n) is 8.75. The first kappa shape index (κ1) is 17.2. The monoisotopic (exact) mass is 331 g/mol. The summed E-state index contributed by atoms with van der Waals surface area (Å²) in [7, 11) is 0. The molecule has 0 bridgehead atoms. The summed E-state index contributed by atoms with van der Waals surface area (Å²) in [5, 5.41) is 0. The van der Waals surface area contributed by atoms with Crippen molar-refractivity contribution in [1.82, 2.24) is 0 Å². The second-order valence-electron chi connectivity index (χ2n) is 7.32. The van der Waals surface area contributed by atoms with E-state index >= 15 is 0 Å². The van der Waals surface area contributed by atoms with Gasteiger partial charge >= 0.3 is 0 Å². The zero-order chi connectivity index (χ0) is 17.7. The molecular weight excluding hydrogens is 306 g/mol. The topological polar surface area (TPSA) is 25.5 Å². The second-order valence-corrected chi connectivity index (χ2v) is 7.32. The summed E-state index contributed by atoms with van der Waals surface area (Å²) in [6, 6.07) is 25.0. The molecule has 1 unspecified atom stereocenters. The molecule has 0 radical (unpaired) electrons. The lowest BCUT2D eigenvalue weighted by atomic mass is 9.87. The molecule has 0 aliphatic rings. The van der Waals surface area contributed by atoms with E-state index in [4.69, 9.17) is 9.41 Å². The highest BCUT2D eigenvalue weighted by molar-refractivity contribution is 6.02. The Hall–Kier alpha value is -2.61. The SMILES string of the molecule is CC(C)(C)C(=NC(Cc1ccccc1)c1ccccc1)c1ccco1. The molecule has 25 heavy (non-hydrogen) atoms. The first-order valence-corrected chi connectivity index (χ1v) is 8.75. The van der Waals surface area contributed by atoms with Gasteiger partial charge in [-0.15, -0.1) is 0 Å². The fraction of sp³-hybridized carbons (Fsp3) is 0.261. The number of aliphatic imine (C=N–C) groups is 1. The molecule has 128 valence electrons. The zero-order valence-electron chi connectivity index (χ0n) is 15.1. The molecule has 0 aliphatic heterocycles. The predicted molar refractivity (Wildman–Crippen MR) is 104 cm³/mol. The van der Waals surface area contributed by atoms with Crippen LogP contribution in [-0.4, -0.2) is 5.71 Å². The van der Waals surface area contributed by atoms with Crippen LogP contribution in [0.4, 0.5) is 0 Å². The normalized spacial score (nSPS) is 13.6. The molecule has 0 saturated heterocycles. The second kappa shape index (κ2) is 7.52. The highest BCUT2D eigenvalue weighted by Crippen LogP contribution is 2.29. The minimum Gasteiger partial charge on any atom is -0.463 e. The average Bonchev–Trinajstić information content (AvgIpc) is 3.13. The van der Waals surface area contributed by atoms with Crippen molar-refractivity contribution in [2.45, 2.75) is 33.2 Å². The molecule has 0 aliphatic carbocycles. The van der Waals surface area contributed by atoms with Gasteiger partial charge in [0.1, 0.15) is 5.76 Å². The standard InChI is InChI=1S/C23H25NO/c1-23(2,3)22(21-15-10-16-25-21)24-20(19-13-8-5-9-14-19)17-18-11-6-4-7-12-18/h4-16,20H,17H2,1-3H3. The number of rotatable bonds is 5. The average molecular weight is 331 g/mol. The number of nitrogens with zero attached hydrogens (tertiary/aromatic N) is 1. The maximum atomic E-state index is 5.68. The van der Waals surface area contributed by atoms with Crippen LogP contribution in [0.1, 0.15) is 43.7 Å². The highest BCUT2D eigenvalue weighted by atomic mass is 16.3. The summed E-state index contributed by atoms with van der Waals surface area (Å²) in [6.07, 6.45) is 2.58. The van der Waals surface area contributed by atoms with Crippen LogP contribution in [0, 0.1) is 5.41 Å². The number of benzene rings is 2. The minimum absolute atomic E-state index is 0.0583. The summed E-state index contributed by atoms with van der Waals surface area (Å²) in [4.78, 5) is 5.18. The van der Waals surface area contributed by atoms with Gasteiger partial charge in [-0.3, -0.25) is 4.99 Å². The van der Waals surface area contributed by atoms with E-state index in [0.29, 0.717) is 0 Å². The largest absolute Gasteiger partial charge is 0.463 e. The molecular formula is C23H25NO. The Morgan fingerprint density at radius 1 is 0.880 bits per heavy atom. The smallest absolute Gasteiger partial charge is 0.148 e. The fourth-order valence-electron chi connectivity index (χ4n) is 2.95. The molecule has 2 aromatic carbocycles. The van der Waals surface area contributed by atoms with Gasteiger partial charge in [-0.25, -0.2) is 0 Å². The van der Waals surface area contributed by atoms with Gasteiger partial charge in [0.2, 0.25) is 0 Å². The maximum Gasteiger partial charge on any atom is 0.148 e. The fourth-order valence-corrected chi connectivity index (χ4v) is 2.95. The van der Waals surface area contributed by atoms with Crippen molar-refractivity contribution in [3.63, 3.8) is 0 Å². The quantitative estimate of drug-likeness (QED) is 0.519. The Balaban J connectivity index is 2.03. The molecule has 0 saturated carbocycles. The lowest BCUT2D eigenvalue weighted by Gasteiger charge is -2.23. The van der Waals surface area contributed by atoms with Crippen LogP contribution in [-0.2, 0) is 6.42 Å². The molecule has 0 amide bonds. The lowest BCUT2D eigenvalue weighted by Crippen LogP contribution is -2.22. The van der Waals surface area contributed by atoms with Crippen LogP contribution in [0.3, 0.4) is 0 Å². The molecule has 0 N–H and O–H groups in total.